The van der Waals surface area contributed by atoms with Gasteiger partial charge in [-0.1, -0.05) is 42.0 Å². The third-order valence-corrected chi connectivity index (χ3v) is 8.02. The highest BCUT2D eigenvalue weighted by molar-refractivity contribution is 7.92. The number of aromatic nitrogens is 1. The normalized spacial score (nSPS) is 15.3. The number of sulfonamides is 1. The molecule has 0 aliphatic carbocycles. The van der Waals surface area contributed by atoms with E-state index >= 15 is 0 Å². The lowest BCUT2D eigenvalue weighted by Crippen LogP contribution is -2.48. The molecule has 0 saturated carbocycles. The Hall–Kier alpha value is -4.11. The highest BCUT2D eigenvalue weighted by Crippen LogP contribution is 2.38. The van der Waals surface area contributed by atoms with Gasteiger partial charge in [-0.2, -0.15) is 0 Å². The summed E-state index contributed by atoms with van der Waals surface area (Å²) in [5.41, 5.74) is 2.88. The Morgan fingerprint density at radius 2 is 1.67 bits per heavy atom. The molecule has 0 saturated heterocycles. The lowest BCUT2D eigenvalue weighted by molar-refractivity contribution is 0.0602. The molecule has 0 N–H and O–H groups in total. The van der Waals surface area contributed by atoms with E-state index in [0.717, 1.165) is 11.1 Å². The quantitative estimate of drug-likeness (QED) is 0.384. The molecular formula is C27H24N2O6S. The Labute approximate surface area is 208 Å². The molecule has 1 aliphatic rings. The molecule has 1 aliphatic heterocycles. The minimum atomic E-state index is -3.99. The number of ether oxygens (including phenoxy) is 2. The predicted octanol–water partition coefficient (Wildman–Crippen LogP) is 4.34. The second kappa shape index (κ2) is 8.83. The summed E-state index contributed by atoms with van der Waals surface area (Å²) >= 11 is 0. The number of fused-ring (bicyclic) bond motifs is 2. The molecule has 5 rings (SSSR count). The van der Waals surface area contributed by atoms with E-state index in [1.165, 1.54) is 22.2 Å². The van der Waals surface area contributed by atoms with Crippen LogP contribution in [0.15, 0.2) is 77.8 Å². The molecule has 1 unspecified atom stereocenters. The fourth-order valence-electron chi connectivity index (χ4n) is 4.34. The van der Waals surface area contributed by atoms with Gasteiger partial charge in [0.2, 0.25) is 0 Å². The van der Waals surface area contributed by atoms with Crippen molar-refractivity contribution in [2.45, 2.75) is 24.8 Å². The maximum atomic E-state index is 13.7. The smallest absolute Gasteiger partial charge is 0.340 e. The monoisotopic (exact) mass is 504 g/mol. The largest absolute Gasteiger partial charge is 0.476 e. The Kier molecular flexibility index (Phi) is 5.80. The highest BCUT2D eigenvalue weighted by Gasteiger charge is 2.38. The van der Waals surface area contributed by atoms with E-state index in [1.54, 1.807) is 66.7 Å². The summed E-state index contributed by atoms with van der Waals surface area (Å²) in [6.07, 6.45) is 0.257. The molecule has 9 heteroatoms. The average Bonchev–Trinajstić information content (AvgIpc) is 3.27. The van der Waals surface area contributed by atoms with Crippen molar-refractivity contribution < 1.29 is 27.5 Å². The molecule has 0 fully saturated rings. The number of rotatable bonds is 4. The Balaban J connectivity index is 1.60. The number of methoxy groups -OCH3 is 1. The van der Waals surface area contributed by atoms with Crippen LogP contribution in [0.25, 0.3) is 10.9 Å². The molecule has 1 aromatic heterocycles. The van der Waals surface area contributed by atoms with E-state index in [-0.39, 0.29) is 22.8 Å². The fraction of sp³-hybridized carbons (Fsp3) is 0.185. The average molecular weight is 505 g/mol. The molecule has 0 amide bonds. The van der Waals surface area contributed by atoms with Gasteiger partial charge in [0.15, 0.2) is 6.10 Å². The third-order valence-electron chi connectivity index (χ3n) is 6.22. The van der Waals surface area contributed by atoms with Crippen LogP contribution in [0.5, 0.6) is 5.75 Å². The molecule has 184 valence electrons. The van der Waals surface area contributed by atoms with Crippen molar-refractivity contribution in [2.24, 2.45) is 0 Å². The van der Waals surface area contributed by atoms with E-state index < -0.39 is 28.0 Å². The van der Waals surface area contributed by atoms with Gasteiger partial charge >= 0.3 is 5.97 Å². The number of hydrogen-bond donors (Lipinski definition) is 0. The first-order chi connectivity index (χ1) is 17.2. The third kappa shape index (κ3) is 3.91. The molecule has 1 atom stereocenters. The summed E-state index contributed by atoms with van der Waals surface area (Å²) in [4.78, 5) is 26.2. The van der Waals surface area contributed by atoms with Gasteiger partial charge in [0.05, 0.1) is 35.3 Å². The van der Waals surface area contributed by atoms with Crippen LogP contribution < -0.4 is 9.04 Å². The number of carbonyl (C=O) groups is 2. The highest BCUT2D eigenvalue weighted by atomic mass is 32.2. The van der Waals surface area contributed by atoms with Crippen molar-refractivity contribution in [3.8, 4) is 5.75 Å². The van der Waals surface area contributed by atoms with Gasteiger partial charge in [-0.15, -0.1) is 0 Å². The summed E-state index contributed by atoms with van der Waals surface area (Å²) in [5.74, 6) is -0.797. The second-order valence-electron chi connectivity index (χ2n) is 8.69. The molecular weight excluding hydrogens is 480 g/mol. The van der Waals surface area contributed by atoms with Gasteiger partial charge in [-0.25, -0.2) is 13.2 Å². The van der Waals surface area contributed by atoms with E-state index in [9.17, 15) is 18.0 Å². The molecule has 8 nitrogen and oxygen atoms in total. The van der Waals surface area contributed by atoms with Crippen molar-refractivity contribution >= 4 is 38.5 Å². The van der Waals surface area contributed by atoms with Crippen LogP contribution in [0.2, 0.25) is 0 Å². The maximum absolute atomic E-state index is 13.7. The Bertz CT molecular complexity index is 1610. The molecule has 36 heavy (non-hydrogen) atoms. The zero-order valence-electron chi connectivity index (χ0n) is 20.0. The van der Waals surface area contributed by atoms with Gasteiger partial charge < -0.3 is 9.47 Å². The van der Waals surface area contributed by atoms with Crippen LogP contribution in [0.3, 0.4) is 0 Å². The van der Waals surface area contributed by atoms with Crippen molar-refractivity contribution in [1.82, 2.24) is 4.57 Å². The summed E-state index contributed by atoms with van der Waals surface area (Å²) in [6.45, 7) is 3.50. The van der Waals surface area contributed by atoms with E-state index in [0.29, 0.717) is 16.6 Å². The van der Waals surface area contributed by atoms with Crippen molar-refractivity contribution in [1.29, 1.82) is 0 Å². The van der Waals surface area contributed by atoms with Gasteiger partial charge in [0.25, 0.3) is 15.9 Å². The molecule has 2 heterocycles. The summed E-state index contributed by atoms with van der Waals surface area (Å²) in [6, 6.07) is 18.7. The lowest BCUT2D eigenvalue weighted by Gasteiger charge is -2.35. The molecule has 0 bridgehead atoms. The number of aryl methyl sites for hydroxylation is 2. The van der Waals surface area contributed by atoms with Crippen molar-refractivity contribution in [2.75, 3.05) is 18.0 Å². The summed E-state index contributed by atoms with van der Waals surface area (Å²) in [5, 5.41) is 0.550. The van der Waals surface area contributed by atoms with Crippen LogP contribution in [0.4, 0.5) is 5.69 Å². The zero-order valence-corrected chi connectivity index (χ0v) is 20.8. The van der Waals surface area contributed by atoms with E-state index in [1.807, 2.05) is 13.8 Å². The Morgan fingerprint density at radius 3 is 2.39 bits per heavy atom. The molecule has 0 radical (unpaired) electrons. The SMILES string of the molecule is COC(=O)c1cn(C(=O)C2CN(S(=O)(=O)c3ccc(C)cc3)c3cc(C)ccc3O2)c2ccccc12. The van der Waals surface area contributed by atoms with Crippen LogP contribution >= 0.6 is 0 Å². The predicted molar refractivity (Wildman–Crippen MR) is 135 cm³/mol. The molecule has 3 aromatic carbocycles. The number of benzene rings is 3. The first-order valence-electron chi connectivity index (χ1n) is 11.3. The maximum Gasteiger partial charge on any atom is 0.340 e. The van der Waals surface area contributed by atoms with Gasteiger partial charge in [0.1, 0.15) is 5.75 Å². The van der Waals surface area contributed by atoms with Crippen LogP contribution in [-0.2, 0) is 14.8 Å². The number of esters is 1. The van der Waals surface area contributed by atoms with Gasteiger partial charge in [-0.3, -0.25) is 13.7 Å². The molecule has 0 spiro atoms. The fourth-order valence-corrected chi connectivity index (χ4v) is 5.81. The summed E-state index contributed by atoms with van der Waals surface area (Å²) in [7, 11) is -2.72. The lowest BCUT2D eigenvalue weighted by atomic mass is 10.1. The summed E-state index contributed by atoms with van der Waals surface area (Å²) < 4.78 is 40.9. The molecule has 4 aromatic rings. The van der Waals surface area contributed by atoms with Gasteiger partial charge in [0, 0.05) is 11.6 Å². The number of para-hydroxylation sites is 1. The first kappa shape index (κ1) is 23.6. The second-order valence-corrected chi connectivity index (χ2v) is 10.5. The van der Waals surface area contributed by atoms with Crippen molar-refractivity contribution in [3.05, 3.63) is 89.6 Å². The number of carbonyl (C=O) groups excluding carboxylic acids is 2. The zero-order chi connectivity index (χ0) is 25.6. The number of nitrogens with zero attached hydrogens (tertiary/aromatic N) is 2. The standard InChI is InChI=1S/C27H24N2O6S/c1-17-8-11-19(12-9-17)36(32,33)29-16-25(35-24-13-10-18(2)14-23(24)29)26(30)28-15-21(27(31)34-3)20-6-4-5-7-22(20)28/h4-15,25H,16H2,1-3H3. The van der Waals surface area contributed by atoms with E-state index in [4.69, 9.17) is 9.47 Å². The van der Waals surface area contributed by atoms with Crippen LogP contribution in [0, 0.1) is 13.8 Å². The van der Waals surface area contributed by atoms with E-state index in [2.05, 4.69) is 0 Å². The van der Waals surface area contributed by atoms with Gasteiger partial charge in [-0.05, 0) is 49.7 Å². The minimum absolute atomic E-state index is 0.119. The van der Waals surface area contributed by atoms with Crippen LogP contribution in [0.1, 0.15) is 26.3 Å². The van der Waals surface area contributed by atoms with Crippen LogP contribution in [-0.4, -0.2) is 44.6 Å². The van der Waals surface area contributed by atoms with Crippen molar-refractivity contribution in [3.63, 3.8) is 0 Å². The minimum Gasteiger partial charge on any atom is -0.476 e. The number of hydrogen-bond acceptors (Lipinski definition) is 6. The number of anilines is 1. The topological polar surface area (TPSA) is 94.9 Å². The Morgan fingerprint density at radius 1 is 0.972 bits per heavy atom. The first-order valence-corrected chi connectivity index (χ1v) is 12.7.